The zero-order valence-corrected chi connectivity index (χ0v) is 19.2. The molecule has 172 valence electrons. The molecule has 0 saturated heterocycles. The van der Waals surface area contributed by atoms with Crippen LogP contribution in [0.2, 0.25) is 0 Å². The number of esters is 1. The van der Waals surface area contributed by atoms with E-state index in [1.54, 1.807) is 6.92 Å². The topological polar surface area (TPSA) is 70.5 Å². The van der Waals surface area contributed by atoms with Crippen molar-refractivity contribution in [3.05, 3.63) is 77.9 Å². The van der Waals surface area contributed by atoms with Crippen LogP contribution < -0.4 is 4.74 Å². The second-order valence-electron chi connectivity index (χ2n) is 7.99. The number of carbonyl (C=O) groups is 1. The molecule has 0 radical (unpaired) electrons. The molecular formula is C27H30N2O4. The highest BCUT2D eigenvalue weighted by Gasteiger charge is 2.29. The predicted molar refractivity (Wildman–Crippen MR) is 126 cm³/mol. The largest absolute Gasteiger partial charge is 0.494 e. The normalized spacial score (nSPS) is 14.9. The number of aromatic nitrogens is 2. The maximum absolute atomic E-state index is 12.1. The van der Waals surface area contributed by atoms with Gasteiger partial charge in [0, 0.05) is 43.1 Å². The third kappa shape index (κ3) is 5.40. The molecule has 1 aliphatic carbocycles. The van der Waals surface area contributed by atoms with Crippen molar-refractivity contribution in [2.75, 3.05) is 19.8 Å². The molecule has 3 aromatic rings. The van der Waals surface area contributed by atoms with E-state index in [9.17, 15) is 4.79 Å². The highest BCUT2D eigenvalue weighted by atomic mass is 16.6. The molecule has 1 aromatic carbocycles. The summed E-state index contributed by atoms with van der Waals surface area (Å²) >= 11 is 0. The van der Waals surface area contributed by atoms with Crippen LogP contribution in [0.5, 0.6) is 5.75 Å². The van der Waals surface area contributed by atoms with Crippen molar-refractivity contribution >= 4 is 5.97 Å². The Bertz CT molecular complexity index is 1020. The van der Waals surface area contributed by atoms with Gasteiger partial charge in [-0.2, -0.15) is 0 Å². The average Bonchev–Trinajstić information content (AvgIpc) is 3.16. The third-order valence-electron chi connectivity index (χ3n) is 5.85. The first-order chi connectivity index (χ1) is 16.2. The number of pyridine rings is 2. The lowest BCUT2D eigenvalue weighted by Gasteiger charge is -2.16. The van der Waals surface area contributed by atoms with E-state index in [1.807, 2.05) is 55.8 Å². The van der Waals surface area contributed by atoms with E-state index >= 15 is 0 Å². The minimum Gasteiger partial charge on any atom is -0.494 e. The van der Waals surface area contributed by atoms with Crippen LogP contribution in [0.3, 0.4) is 0 Å². The molecule has 0 N–H and O–H groups in total. The minimum atomic E-state index is -0.581. The lowest BCUT2D eigenvalue weighted by Crippen LogP contribution is -2.28. The van der Waals surface area contributed by atoms with Crippen LogP contribution in [0.4, 0.5) is 0 Å². The second-order valence-corrected chi connectivity index (χ2v) is 7.99. The molecule has 0 amide bonds. The standard InChI is InChI=1S/C27H30N2O4/c1-3-31-25(27(30)32-4-2)17-19-9-11-20(12-10-19)33-16-6-8-23-24-18-28-15-13-21(24)22-7-5-14-29-26(22)23/h5,7,9-15,18,23,25H,3-4,6,8,16-17H2,1-2H3. The van der Waals surface area contributed by atoms with E-state index in [0.717, 1.165) is 29.8 Å². The van der Waals surface area contributed by atoms with E-state index < -0.39 is 6.10 Å². The van der Waals surface area contributed by atoms with Crippen LogP contribution in [0.15, 0.2) is 61.1 Å². The lowest BCUT2D eigenvalue weighted by atomic mass is 9.96. The molecule has 1 aliphatic rings. The van der Waals surface area contributed by atoms with Crippen molar-refractivity contribution in [3.8, 4) is 16.9 Å². The molecule has 0 spiro atoms. The quantitative estimate of drug-likeness (QED) is 0.306. The zero-order valence-electron chi connectivity index (χ0n) is 19.2. The summed E-state index contributed by atoms with van der Waals surface area (Å²) in [5.41, 5.74) is 5.84. The number of fused-ring (bicyclic) bond motifs is 3. The predicted octanol–water partition coefficient (Wildman–Crippen LogP) is 4.96. The lowest BCUT2D eigenvalue weighted by molar-refractivity contribution is -0.156. The number of benzene rings is 1. The third-order valence-corrected chi connectivity index (χ3v) is 5.85. The molecule has 0 fully saturated rings. The summed E-state index contributed by atoms with van der Waals surface area (Å²) in [6.45, 7) is 5.10. The molecule has 33 heavy (non-hydrogen) atoms. The van der Waals surface area contributed by atoms with Crippen LogP contribution >= 0.6 is 0 Å². The average molecular weight is 447 g/mol. The first-order valence-electron chi connectivity index (χ1n) is 11.6. The number of nitrogens with zero attached hydrogens (tertiary/aromatic N) is 2. The van der Waals surface area contributed by atoms with Gasteiger partial charge in [0.05, 0.1) is 18.9 Å². The van der Waals surface area contributed by atoms with E-state index in [1.165, 1.54) is 16.7 Å². The molecule has 6 nitrogen and oxygen atoms in total. The van der Waals surface area contributed by atoms with Crippen LogP contribution in [-0.4, -0.2) is 41.9 Å². The summed E-state index contributed by atoms with van der Waals surface area (Å²) in [6, 6.07) is 14.0. The fourth-order valence-electron chi connectivity index (χ4n) is 4.35. The Balaban J connectivity index is 1.30. The van der Waals surface area contributed by atoms with Crippen LogP contribution in [-0.2, 0) is 20.7 Å². The molecule has 2 aromatic heterocycles. The summed E-state index contributed by atoms with van der Waals surface area (Å²) in [6.07, 6.45) is 7.43. The van der Waals surface area contributed by atoms with E-state index in [2.05, 4.69) is 22.1 Å². The number of hydrogen-bond acceptors (Lipinski definition) is 6. The highest BCUT2D eigenvalue weighted by Crippen LogP contribution is 2.44. The zero-order chi connectivity index (χ0) is 23.0. The number of rotatable bonds is 11. The van der Waals surface area contributed by atoms with Gasteiger partial charge in [-0.05, 0) is 67.6 Å². The summed E-state index contributed by atoms with van der Waals surface area (Å²) in [5.74, 6) is 0.753. The molecule has 2 unspecified atom stereocenters. The Kier molecular flexibility index (Phi) is 7.68. The molecule has 0 saturated carbocycles. The van der Waals surface area contributed by atoms with Crippen molar-refractivity contribution in [1.29, 1.82) is 0 Å². The molecule has 2 heterocycles. The van der Waals surface area contributed by atoms with Gasteiger partial charge in [0.1, 0.15) is 5.75 Å². The van der Waals surface area contributed by atoms with Gasteiger partial charge in [-0.1, -0.05) is 18.2 Å². The maximum atomic E-state index is 12.1. The summed E-state index contributed by atoms with van der Waals surface area (Å²) in [7, 11) is 0. The van der Waals surface area contributed by atoms with Gasteiger partial charge in [0.2, 0.25) is 0 Å². The Morgan fingerprint density at radius 3 is 2.67 bits per heavy atom. The number of ether oxygens (including phenoxy) is 3. The molecular weight excluding hydrogens is 416 g/mol. The van der Waals surface area contributed by atoms with Gasteiger partial charge in [0.25, 0.3) is 0 Å². The van der Waals surface area contributed by atoms with Crippen LogP contribution in [0.25, 0.3) is 11.1 Å². The SMILES string of the molecule is CCOC(=O)C(Cc1ccc(OCCCC2c3cnccc3-c3cccnc32)cc1)OCC. The minimum absolute atomic E-state index is 0.259. The highest BCUT2D eigenvalue weighted by molar-refractivity contribution is 5.76. The molecule has 6 heteroatoms. The first-order valence-corrected chi connectivity index (χ1v) is 11.6. The van der Waals surface area contributed by atoms with Crippen LogP contribution in [0.1, 0.15) is 49.4 Å². The van der Waals surface area contributed by atoms with Crippen molar-refractivity contribution in [3.63, 3.8) is 0 Å². The van der Waals surface area contributed by atoms with Crippen molar-refractivity contribution in [2.24, 2.45) is 0 Å². The Morgan fingerprint density at radius 1 is 1.03 bits per heavy atom. The smallest absolute Gasteiger partial charge is 0.335 e. The number of carbonyl (C=O) groups excluding carboxylic acids is 1. The van der Waals surface area contributed by atoms with Gasteiger partial charge >= 0.3 is 5.97 Å². The molecule has 0 bridgehead atoms. The summed E-state index contributed by atoms with van der Waals surface area (Å²) in [5, 5.41) is 0. The Hall–Kier alpha value is -3.25. The van der Waals surface area contributed by atoms with Gasteiger partial charge in [-0.15, -0.1) is 0 Å². The summed E-state index contributed by atoms with van der Waals surface area (Å²) in [4.78, 5) is 21.0. The van der Waals surface area contributed by atoms with Gasteiger partial charge in [-0.25, -0.2) is 4.79 Å². The van der Waals surface area contributed by atoms with Crippen molar-refractivity contribution in [2.45, 2.75) is 45.1 Å². The van der Waals surface area contributed by atoms with Gasteiger partial charge < -0.3 is 14.2 Å². The van der Waals surface area contributed by atoms with E-state index in [0.29, 0.717) is 26.2 Å². The Morgan fingerprint density at radius 2 is 1.88 bits per heavy atom. The maximum Gasteiger partial charge on any atom is 0.335 e. The van der Waals surface area contributed by atoms with Crippen molar-refractivity contribution in [1.82, 2.24) is 9.97 Å². The molecule has 0 aliphatic heterocycles. The fourth-order valence-corrected chi connectivity index (χ4v) is 4.35. The monoisotopic (exact) mass is 446 g/mol. The molecule has 2 atom stereocenters. The fraction of sp³-hybridized carbons (Fsp3) is 0.370. The molecule has 4 rings (SSSR count). The van der Waals surface area contributed by atoms with Crippen LogP contribution in [0, 0.1) is 0 Å². The summed E-state index contributed by atoms with van der Waals surface area (Å²) < 4.78 is 16.6. The van der Waals surface area contributed by atoms with Gasteiger partial charge in [-0.3, -0.25) is 9.97 Å². The van der Waals surface area contributed by atoms with E-state index in [-0.39, 0.29) is 11.9 Å². The van der Waals surface area contributed by atoms with E-state index in [4.69, 9.17) is 14.2 Å². The second kappa shape index (κ2) is 11.1. The first kappa shape index (κ1) is 22.9. The van der Waals surface area contributed by atoms with Gasteiger partial charge in [0.15, 0.2) is 6.10 Å². The Labute approximate surface area is 194 Å². The van der Waals surface area contributed by atoms with Crippen molar-refractivity contribution < 1.29 is 19.0 Å². The number of hydrogen-bond donors (Lipinski definition) is 0.